The van der Waals surface area contributed by atoms with Crippen molar-refractivity contribution in [1.82, 2.24) is 5.32 Å². The summed E-state index contributed by atoms with van der Waals surface area (Å²) in [4.78, 5) is 13.5. The Morgan fingerprint density at radius 1 is 0.343 bits per heavy atom. The topological polar surface area (TPSA) is 307 Å². The molecule has 0 aromatic carbocycles. The van der Waals surface area contributed by atoms with Crippen molar-refractivity contribution in [1.29, 1.82) is 0 Å². The first-order valence-corrected chi connectivity index (χ1v) is 43.1. The van der Waals surface area contributed by atoms with Gasteiger partial charge in [-0.2, -0.15) is 0 Å². The van der Waals surface area contributed by atoms with Crippen LogP contribution in [0.25, 0.3) is 0 Å². The summed E-state index contributed by atoms with van der Waals surface area (Å²) in [6, 6.07) is -0.981. The predicted octanol–water partition coefficient (Wildman–Crippen LogP) is 15.7. The standard InChI is InChI=1S/C89H155NO18/c1-3-5-7-9-11-13-15-17-19-21-23-25-27-29-30-31-32-33-34-35-36-37-38-39-40-41-42-43-45-47-49-51-53-55-57-59-61-63-65-67-77(95)90-72(73(94)66-64-62-60-58-56-54-52-50-48-46-44-28-26-24-22-20-18-16-14-12-10-8-6-4-2)71-103-87-83(101)80(98)85(75(69-92)105-87)108-89-84(102)81(99)86(76(70-93)106-89)107-88-82(100)79(97)78(96)74(68-91)104-88/h5,7,11,13,17,19,23,25,29-30,32-33,35-36,38-39,64,66,72-76,78-89,91-94,96-102H,3-4,6,8-10,12,14-16,18,20-22,24,26-28,31,34,37,40-63,65,67-71H2,1-2H3,(H,90,95)/b7-5-,13-11-,19-17-,25-23-,30-29-,33-32-,36-35-,39-38-,66-64+. The molecular weight excluding hydrogens is 1370 g/mol. The van der Waals surface area contributed by atoms with Gasteiger partial charge < -0.3 is 89.9 Å². The molecule has 0 bridgehead atoms. The van der Waals surface area contributed by atoms with Crippen LogP contribution in [0, 0.1) is 0 Å². The minimum atomic E-state index is -1.98. The van der Waals surface area contributed by atoms with Crippen LogP contribution < -0.4 is 5.32 Å². The highest BCUT2D eigenvalue weighted by Gasteiger charge is 2.54. The second kappa shape index (κ2) is 67.9. The number of hydrogen-bond acceptors (Lipinski definition) is 18. The van der Waals surface area contributed by atoms with Crippen LogP contribution in [0.2, 0.25) is 0 Å². The van der Waals surface area contributed by atoms with E-state index in [1.807, 2.05) is 6.08 Å². The Bertz CT molecular complexity index is 2380. The number of allylic oxidation sites excluding steroid dienone is 17. The third kappa shape index (κ3) is 46.6. The Labute approximate surface area is 653 Å². The van der Waals surface area contributed by atoms with E-state index in [1.54, 1.807) is 6.08 Å². The van der Waals surface area contributed by atoms with Gasteiger partial charge in [-0.15, -0.1) is 0 Å². The molecule has 0 aromatic rings. The van der Waals surface area contributed by atoms with Crippen molar-refractivity contribution in [3.05, 3.63) is 109 Å². The molecule has 19 heteroatoms. The maximum Gasteiger partial charge on any atom is 0.220 e. The highest BCUT2D eigenvalue weighted by Crippen LogP contribution is 2.33. The van der Waals surface area contributed by atoms with Crippen molar-refractivity contribution in [2.75, 3.05) is 26.4 Å². The van der Waals surface area contributed by atoms with Crippen LogP contribution in [0.4, 0.5) is 0 Å². The molecule has 3 aliphatic heterocycles. The molecule has 3 aliphatic rings. The van der Waals surface area contributed by atoms with Gasteiger partial charge in [-0.05, 0) is 83.5 Å². The second-order valence-corrected chi connectivity index (χ2v) is 30.3. The highest BCUT2D eigenvalue weighted by molar-refractivity contribution is 5.76. The first-order chi connectivity index (χ1) is 52.8. The average Bonchev–Trinajstić information content (AvgIpc) is 0.775. The lowest BCUT2D eigenvalue weighted by Crippen LogP contribution is -2.66. The SMILES string of the molecule is CC/C=C\C/C=C\C/C=C\C/C=C\C/C=C\C/C=C\C/C=C\C/C=C\CCCCCCCCCCCCCCCCC(=O)NC(COC1OC(CO)C(OC2OC(CO)C(OC3OC(CO)C(O)C(O)C3O)C(O)C2O)C(O)C1O)C(O)/C=C/CCCCCCCCCCCCCCCCCCCCCCCC. The number of aliphatic hydroxyl groups excluding tert-OH is 11. The van der Waals surface area contributed by atoms with E-state index in [9.17, 15) is 61.0 Å². The largest absolute Gasteiger partial charge is 0.394 e. The molecule has 108 heavy (non-hydrogen) atoms. The third-order valence-electron chi connectivity index (χ3n) is 20.8. The maximum absolute atomic E-state index is 13.5. The second-order valence-electron chi connectivity index (χ2n) is 30.3. The van der Waals surface area contributed by atoms with Crippen LogP contribution in [0.15, 0.2) is 109 Å². The number of hydrogen-bond donors (Lipinski definition) is 12. The number of carbonyl (C=O) groups excluding carboxylic acids is 1. The molecule has 0 aromatic heterocycles. The van der Waals surface area contributed by atoms with Crippen LogP contribution in [0.1, 0.15) is 316 Å². The first-order valence-electron chi connectivity index (χ1n) is 43.1. The van der Waals surface area contributed by atoms with Gasteiger partial charge in [-0.25, -0.2) is 0 Å². The van der Waals surface area contributed by atoms with Crippen LogP contribution in [-0.4, -0.2) is 193 Å². The Morgan fingerprint density at radius 3 is 1.00 bits per heavy atom. The van der Waals surface area contributed by atoms with Crippen molar-refractivity contribution in [3.63, 3.8) is 0 Å². The molecule has 1 amide bonds. The third-order valence-corrected chi connectivity index (χ3v) is 20.8. The van der Waals surface area contributed by atoms with Gasteiger partial charge in [0.05, 0.1) is 38.6 Å². The summed E-state index contributed by atoms with van der Waals surface area (Å²) < 4.78 is 34.5. The van der Waals surface area contributed by atoms with E-state index in [-0.39, 0.29) is 18.9 Å². The molecule has 3 fully saturated rings. The summed E-state index contributed by atoms with van der Waals surface area (Å²) in [6.45, 7) is 1.65. The van der Waals surface area contributed by atoms with Crippen molar-refractivity contribution < 1.29 is 89.4 Å². The van der Waals surface area contributed by atoms with E-state index in [4.69, 9.17) is 28.4 Å². The van der Waals surface area contributed by atoms with Crippen LogP contribution in [-0.2, 0) is 33.2 Å². The lowest BCUT2D eigenvalue weighted by atomic mass is 9.96. The number of carbonyl (C=O) groups is 1. The summed E-state index contributed by atoms with van der Waals surface area (Å²) >= 11 is 0. The van der Waals surface area contributed by atoms with Gasteiger partial charge in [0, 0.05) is 6.42 Å². The van der Waals surface area contributed by atoms with Gasteiger partial charge >= 0.3 is 0 Å². The van der Waals surface area contributed by atoms with E-state index in [2.05, 4.69) is 116 Å². The normalized spacial score (nSPS) is 26.0. The Kier molecular flexibility index (Phi) is 62.0. The van der Waals surface area contributed by atoms with Gasteiger partial charge in [0.25, 0.3) is 0 Å². The fourth-order valence-electron chi connectivity index (χ4n) is 14.0. The Hall–Kier alpha value is -3.55. The van der Waals surface area contributed by atoms with Gasteiger partial charge in [0.1, 0.15) is 73.2 Å². The van der Waals surface area contributed by atoms with Crippen LogP contribution in [0.5, 0.6) is 0 Å². The van der Waals surface area contributed by atoms with Crippen molar-refractivity contribution in [2.24, 2.45) is 0 Å². The molecule has 624 valence electrons. The fraction of sp³-hybridized carbons (Fsp3) is 0.787. The molecule has 0 spiro atoms. The summed E-state index contributed by atoms with van der Waals surface area (Å²) in [6.07, 6.45) is 67.9. The smallest absolute Gasteiger partial charge is 0.220 e. The van der Waals surface area contributed by atoms with Crippen LogP contribution in [0.3, 0.4) is 0 Å². The molecule has 0 radical (unpaired) electrons. The van der Waals surface area contributed by atoms with Gasteiger partial charge in [0.2, 0.25) is 5.91 Å². The van der Waals surface area contributed by atoms with Crippen molar-refractivity contribution in [2.45, 2.75) is 420 Å². The first kappa shape index (κ1) is 98.6. The van der Waals surface area contributed by atoms with Crippen molar-refractivity contribution in [3.8, 4) is 0 Å². The Morgan fingerprint density at radius 2 is 0.639 bits per heavy atom. The minimum Gasteiger partial charge on any atom is -0.394 e. The van der Waals surface area contributed by atoms with E-state index >= 15 is 0 Å². The van der Waals surface area contributed by atoms with Crippen molar-refractivity contribution >= 4 is 5.91 Å². The predicted molar refractivity (Wildman–Crippen MR) is 434 cm³/mol. The van der Waals surface area contributed by atoms with E-state index < -0.39 is 124 Å². The molecule has 0 aliphatic carbocycles. The number of aliphatic hydroxyl groups is 11. The average molecular weight is 1530 g/mol. The lowest BCUT2D eigenvalue weighted by molar-refractivity contribution is -0.379. The zero-order chi connectivity index (χ0) is 78.1. The molecule has 3 heterocycles. The fourth-order valence-corrected chi connectivity index (χ4v) is 14.0. The zero-order valence-corrected chi connectivity index (χ0v) is 67.0. The minimum absolute atomic E-state index is 0.238. The highest BCUT2D eigenvalue weighted by atomic mass is 16.8. The maximum atomic E-state index is 13.5. The molecule has 3 rings (SSSR count). The van der Waals surface area contributed by atoms with E-state index in [0.717, 1.165) is 103 Å². The number of amides is 1. The quantitative estimate of drug-likeness (QED) is 0.0199. The monoisotopic (exact) mass is 1530 g/mol. The number of rotatable bonds is 68. The molecular formula is C89H155NO18. The van der Waals surface area contributed by atoms with Crippen LogP contribution >= 0.6 is 0 Å². The molecule has 0 saturated carbocycles. The zero-order valence-electron chi connectivity index (χ0n) is 67.0. The Balaban J connectivity index is 1.33. The number of nitrogens with one attached hydrogen (secondary N) is 1. The molecule has 19 nitrogen and oxygen atoms in total. The molecule has 12 N–H and O–H groups in total. The summed E-state index contributed by atoms with van der Waals surface area (Å²) in [7, 11) is 0. The number of unbranched alkanes of at least 4 members (excludes halogenated alkanes) is 36. The van der Waals surface area contributed by atoms with Gasteiger partial charge in [-0.1, -0.05) is 335 Å². The number of ether oxygens (including phenoxy) is 6. The molecule has 17 atom stereocenters. The van der Waals surface area contributed by atoms with Gasteiger partial charge in [-0.3, -0.25) is 4.79 Å². The summed E-state index contributed by atoms with van der Waals surface area (Å²) in [5.74, 6) is -0.276. The van der Waals surface area contributed by atoms with E-state index in [0.29, 0.717) is 6.42 Å². The van der Waals surface area contributed by atoms with Gasteiger partial charge in [0.15, 0.2) is 18.9 Å². The van der Waals surface area contributed by atoms with E-state index in [1.165, 1.54) is 186 Å². The molecule has 3 saturated heterocycles. The summed E-state index contributed by atoms with van der Waals surface area (Å²) in [5.41, 5.74) is 0. The molecule has 17 unspecified atom stereocenters. The lowest BCUT2D eigenvalue weighted by Gasteiger charge is -2.48. The summed E-state index contributed by atoms with van der Waals surface area (Å²) in [5, 5.41) is 121.